The van der Waals surface area contributed by atoms with E-state index in [0.717, 1.165) is 5.56 Å². The lowest BCUT2D eigenvalue weighted by molar-refractivity contribution is -0.383. The number of nitrogens with zero attached hydrogens (tertiary/aromatic N) is 2. The molecule has 148 valence electrons. The van der Waals surface area contributed by atoms with Gasteiger partial charge in [-0.1, -0.05) is 42.5 Å². The van der Waals surface area contributed by atoms with Gasteiger partial charge in [0.2, 0.25) is 0 Å². The van der Waals surface area contributed by atoms with Crippen LogP contribution in [0.4, 0.5) is 11.4 Å². The second kappa shape index (κ2) is 8.61. The molecule has 3 rings (SSSR count). The van der Waals surface area contributed by atoms with Crippen molar-refractivity contribution in [3.8, 4) is 10.6 Å². The van der Waals surface area contributed by atoms with E-state index in [1.807, 2.05) is 30.3 Å². The van der Waals surface area contributed by atoms with Crippen molar-refractivity contribution < 1.29 is 19.2 Å². The van der Waals surface area contributed by atoms with Crippen molar-refractivity contribution in [1.29, 1.82) is 0 Å². The third kappa shape index (κ3) is 4.64. The lowest BCUT2D eigenvalue weighted by atomic mass is 10.2. The average Bonchev–Trinajstić information content (AvgIpc) is 3.10. The van der Waals surface area contributed by atoms with E-state index in [4.69, 9.17) is 4.74 Å². The first-order chi connectivity index (χ1) is 13.9. The van der Waals surface area contributed by atoms with Crippen molar-refractivity contribution in [3.05, 3.63) is 75.3 Å². The van der Waals surface area contributed by atoms with Crippen LogP contribution in [-0.2, 0) is 9.53 Å². The van der Waals surface area contributed by atoms with Crippen LogP contribution in [0.15, 0.2) is 54.6 Å². The molecule has 0 aliphatic carbocycles. The number of carbonyl (C=O) groups is 2. The highest BCUT2D eigenvalue weighted by Crippen LogP contribution is 2.29. The van der Waals surface area contributed by atoms with Crippen LogP contribution in [0.2, 0.25) is 0 Å². The Morgan fingerprint density at radius 1 is 1.14 bits per heavy atom. The molecule has 8 nitrogen and oxygen atoms in total. The number of anilines is 1. The Balaban J connectivity index is 1.70. The molecular formula is C20H17N3O5S. The fraction of sp³-hybridized carbons (Fsp3) is 0.150. The first-order valence-electron chi connectivity index (χ1n) is 8.65. The van der Waals surface area contributed by atoms with Crippen molar-refractivity contribution in [2.24, 2.45) is 0 Å². The number of carbonyl (C=O) groups excluding carboxylic acids is 2. The summed E-state index contributed by atoms with van der Waals surface area (Å²) in [4.78, 5) is 40.0. The third-order valence-electron chi connectivity index (χ3n) is 4.01. The van der Waals surface area contributed by atoms with Gasteiger partial charge in [0.15, 0.2) is 6.10 Å². The van der Waals surface area contributed by atoms with Gasteiger partial charge in [-0.2, -0.15) is 0 Å². The summed E-state index contributed by atoms with van der Waals surface area (Å²) >= 11 is 1.18. The monoisotopic (exact) mass is 411 g/mol. The first-order valence-corrected chi connectivity index (χ1v) is 9.46. The molecule has 0 radical (unpaired) electrons. The molecule has 1 amide bonds. The minimum Gasteiger partial charge on any atom is -0.448 e. The number of amides is 1. The number of benzene rings is 2. The number of nitro groups is 1. The summed E-state index contributed by atoms with van der Waals surface area (Å²) in [6.07, 6.45) is -1.15. The molecule has 1 N–H and O–H groups in total. The third-order valence-corrected chi connectivity index (χ3v) is 5.20. The number of rotatable bonds is 6. The topological polar surface area (TPSA) is 111 Å². The van der Waals surface area contributed by atoms with Gasteiger partial charge in [-0.05, 0) is 19.9 Å². The number of esters is 1. The number of thiazole rings is 1. The molecule has 0 aliphatic rings. The minimum atomic E-state index is -1.15. The molecule has 0 spiro atoms. The van der Waals surface area contributed by atoms with Crippen LogP contribution in [0.25, 0.3) is 10.6 Å². The number of nitro benzene ring substituents is 1. The Bertz CT molecular complexity index is 1060. The van der Waals surface area contributed by atoms with Gasteiger partial charge >= 0.3 is 5.97 Å². The van der Waals surface area contributed by atoms with Crippen LogP contribution < -0.4 is 5.32 Å². The highest BCUT2D eigenvalue weighted by Gasteiger charge is 2.24. The maximum atomic E-state index is 12.5. The number of hydrogen-bond donors (Lipinski definition) is 1. The number of aryl methyl sites for hydroxylation is 1. The summed E-state index contributed by atoms with van der Waals surface area (Å²) in [7, 11) is 0. The normalized spacial score (nSPS) is 11.5. The van der Waals surface area contributed by atoms with Crippen molar-refractivity contribution in [3.63, 3.8) is 0 Å². The SMILES string of the molecule is Cc1nc(-c2ccccc2)sc1C(=O)O[C@@H](C)C(=O)Nc1ccccc1[N+](=O)[O-]. The molecule has 0 fully saturated rings. The molecule has 0 bridgehead atoms. The maximum Gasteiger partial charge on any atom is 0.351 e. The first kappa shape index (κ1) is 20.2. The summed E-state index contributed by atoms with van der Waals surface area (Å²) in [6.45, 7) is 3.09. The van der Waals surface area contributed by atoms with E-state index >= 15 is 0 Å². The van der Waals surface area contributed by atoms with Gasteiger partial charge in [-0.25, -0.2) is 9.78 Å². The van der Waals surface area contributed by atoms with Crippen LogP contribution in [-0.4, -0.2) is 27.9 Å². The molecule has 1 aromatic heterocycles. The highest BCUT2D eigenvalue weighted by atomic mass is 32.1. The Kier molecular flexibility index (Phi) is 5.99. The Morgan fingerprint density at radius 3 is 2.48 bits per heavy atom. The van der Waals surface area contributed by atoms with Gasteiger partial charge in [0.25, 0.3) is 11.6 Å². The van der Waals surface area contributed by atoms with Gasteiger partial charge in [0, 0.05) is 11.6 Å². The molecule has 3 aromatic rings. The van der Waals surface area contributed by atoms with Crippen LogP contribution in [0.5, 0.6) is 0 Å². The fourth-order valence-electron chi connectivity index (χ4n) is 2.53. The summed E-state index contributed by atoms with van der Waals surface area (Å²) in [5, 5.41) is 14.2. The molecule has 1 atom stereocenters. The second-order valence-electron chi connectivity index (χ2n) is 6.11. The van der Waals surface area contributed by atoms with Gasteiger partial charge in [0.05, 0.1) is 10.6 Å². The van der Waals surface area contributed by atoms with E-state index in [-0.39, 0.29) is 11.4 Å². The van der Waals surface area contributed by atoms with E-state index in [0.29, 0.717) is 15.6 Å². The number of ether oxygens (including phenoxy) is 1. The van der Waals surface area contributed by atoms with Crippen LogP contribution in [0.3, 0.4) is 0 Å². The minimum absolute atomic E-state index is 0.0331. The summed E-state index contributed by atoms with van der Waals surface area (Å²) in [5.41, 5.74) is 1.17. The van der Waals surface area contributed by atoms with Crippen LogP contribution in [0, 0.1) is 17.0 Å². The Morgan fingerprint density at radius 2 is 1.79 bits per heavy atom. The zero-order chi connectivity index (χ0) is 21.0. The second-order valence-corrected chi connectivity index (χ2v) is 7.11. The lowest BCUT2D eigenvalue weighted by Gasteiger charge is -2.13. The summed E-state index contributed by atoms with van der Waals surface area (Å²) in [5.74, 6) is -1.34. The number of nitrogens with one attached hydrogen (secondary N) is 1. The van der Waals surface area contributed by atoms with E-state index in [2.05, 4.69) is 10.3 Å². The van der Waals surface area contributed by atoms with Crippen LogP contribution in [0.1, 0.15) is 22.3 Å². The predicted octanol–water partition coefficient (Wildman–Crippen LogP) is 4.21. The Labute approximate surface area is 170 Å². The van der Waals surface area contributed by atoms with E-state index in [1.54, 1.807) is 13.0 Å². The summed E-state index contributed by atoms with van der Waals surface area (Å²) < 4.78 is 5.25. The highest BCUT2D eigenvalue weighted by molar-refractivity contribution is 7.17. The molecule has 0 saturated carbocycles. The molecule has 2 aromatic carbocycles. The van der Waals surface area contributed by atoms with Crippen molar-refractivity contribution >= 4 is 34.6 Å². The quantitative estimate of drug-likeness (QED) is 0.369. The Hall–Kier alpha value is -3.59. The molecule has 29 heavy (non-hydrogen) atoms. The van der Waals surface area contributed by atoms with Gasteiger partial charge in [0.1, 0.15) is 15.6 Å². The zero-order valence-electron chi connectivity index (χ0n) is 15.6. The fourth-order valence-corrected chi connectivity index (χ4v) is 3.49. The molecule has 9 heteroatoms. The maximum absolute atomic E-state index is 12.5. The lowest BCUT2D eigenvalue weighted by Crippen LogP contribution is -2.30. The van der Waals surface area contributed by atoms with E-state index in [9.17, 15) is 19.7 Å². The number of hydrogen-bond acceptors (Lipinski definition) is 7. The number of aromatic nitrogens is 1. The standard InChI is InChI=1S/C20H17N3O5S/c1-12-17(29-19(21-12)14-8-4-3-5-9-14)20(25)28-13(2)18(24)22-15-10-6-7-11-16(15)23(26)27/h3-11,13H,1-2H3,(H,22,24)/t13-/m0/s1. The molecule has 0 aliphatic heterocycles. The zero-order valence-corrected chi connectivity index (χ0v) is 16.4. The van der Waals surface area contributed by atoms with E-state index < -0.39 is 22.9 Å². The van der Waals surface area contributed by atoms with Crippen LogP contribution >= 0.6 is 11.3 Å². The molecular weight excluding hydrogens is 394 g/mol. The van der Waals surface area contributed by atoms with Gasteiger partial charge in [-0.15, -0.1) is 11.3 Å². The van der Waals surface area contributed by atoms with E-state index in [1.165, 1.54) is 36.5 Å². The van der Waals surface area contributed by atoms with Crippen molar-refractivity contribution in [2.75, 3.05) is 5.32 Å². The predicted molar refractivity (Wildman–Crippen MR) is 109 cm³/mol. The van der Waals surface area contributed by atoms with Gasteiger partial charge < -0.3 is 10.1 Å². The number of para-hydroxylation sites is 2. The van der Waals surface area contributed by atoms with Crippen molar-refractivity contribution in [2.45, 2.75) is 20.0 Å². The smallest absolute Gasteiger partial charge is 0.351 e. The molecule has 0 unspecified atom stereocenters. The molecule has 1 heterocycles. The largest absolute Gasteiger partial charge is 0.448 e. The van der Waals surface area contributed by atoms with Gasteiger partial charge in [-0.3, -0.25) is 14.9 Å². The summed E-state index contributed by atoms with van der Waals surface area (Å²) in [6, 6.07) is 15.1. The average molecular weight is 411 g/mol. The molecule has 0 saturated heterocycles. The van der Waals surface area contributed by atoms with Crippen molar-refractivity contribution in [1.82, 2.24) is 4.98 Å².